The van der Waals surface area contributed by atoms with Crippen LogP contribution in [0.4, 0.5) is 10.2 Å². The van der Waals surface area contributed by atoms with Gasteiger partial charge in [-0.25, -0.2) is 9.37 Å². The molecule has 2 heterocycles. The molecule has 34 heavy (non-hydrogen) atoms. The number of hydrogen-bond acceptors (Lipinski definition) is 8. The summed E-state index contributed by atoms with van der Waals surface area (Å²) >= 11 is 0. The predicted molar refractivity (Wildman–Crippen MR) is 136 cm³/mol. The van der Waals surface area contributed by atoms with Gasteiger partial charge in [0.05, 0.1) is 22.6 Å². The molecule has 180 valence electrons. The summed E-state index contributed by atoms with van der Waals surface area (Å²) in [5.74, 6) is -0.0263. The van der Waals surface area contributed by atoms with Crippen LogP contribution in [-0.2, 0) is 11.4 Å². The molecule has 0 radical (unpaired) electrons. The Balaban J connectivity index is 0.00000199. The van der Waals surface area contributed by atoms with Gasteiger partial charge in [0.15, 0.2) is 17.4 Å². The predicted octanol–water partition coefficient (Wildman–Crippen LogP) is 3.47. The molecule has 0 saturated heterocycles. The van der Waals surface area contributed by atoms with E-state index in [1.807, 2.05) is 20.8 Å². The van der Waals surface area contributed by atoms with Crippen molar-refractivity contribution >= 4 is 29.2 Å². The Labute approximate surface area is 199 Å². The van der Waals surface area contributed by atoms with E-state index in [1.54, 1.807) is 19.3 Å². The number of allylic oxidation sites excluding steroid dienone is 2. The van der Waals surface area contributed by atoms with E-state index in [-0.39, 0.29) is 23.5 Å². The molecule has 9 heteroatoms. The zero-order valence-corrected chi connectivity index (χ0v) is 20.1. The van der Waals surface area contributed by atoms with Crippen molar-refractivity contribution in [1.82, 2.24) is 4.98 Å². The zero-order chi connectivity index (χ0) is 25.3. The number of halogens is 1. The summed E-state index contributed by atoms with van der Waals surface area (Å²) in [6, 6.07) is 5.81. The van der Waals surface area contributed by atoms with Crippen molar-refractivity contribution < 1.29 is 13.9 Å². The highest BCUT2D eigenvalue weighted by Gasteiger charge is 2.25. The lowest BCUT2D eigenvalue weighted by Crippen LogP contribution is -2.22. The largest absolute Gasteiger partial charge is 0.485 e. The number of ether oxygens (including phenoxy) is 1. The number of carbonyl (C=O) groups is 1. The Hall–Kier alpha value is -4.01. The second kappa shape index (κ2) is 12.3. The normalized spacial score (nSPS) is 18.5. The summed E-state index contributed by atoms with van der Waals surface area (Å²) in [4.78, 5) is 26.4. The average Bonchev–Trinajstić information content (AvgIpc) is 2.86. The van der Waals surface area contributed by atoms with Gasteiger partial charge in [-0.05, 0) is 31.2 Å². The second-order valence-electron chi connectivity index (χ2n) is 6.86. The number of Topliss-reactive ketones (excluding diaryl/α,β-unsaturated/α-hetero) is 1. The van der Waals surface area contributed by atoms with Gasteiger partial charge in [-0.3, -0.25) is 14.8 Å². The van der Waals surface area contributed by atoms with E-state index in [0.717, 1.165) is 0 Å². The number of hydrogen-bond donors (Lipinski definition) is 3. The molecule has 1 aromatic heterocycles. The van der Waals surface area contributed by atoms with Gasteiger partial charge < -0.3 is 21.5 Å². The molecule has 0 unspecified atom stereocenters. The van der Waals surface area contributed by atoms with Crippen LogP contribution in [0.1, 0.15) is 37.5 Å². The highest BCUT2D eigenvalue weighted by atomic mass is 19.1. The summed E-state index contributed by atoms with van der Waals surface area (Å²) in [6.07, 6.45) is 4.12. The molecule has 0 amide bonds. The van der Waals surface area contributed by atoms with Crippen LogP contribution in [0.2, 0.25) is 0 Å². The van der Waals surface area contributed by atoms with E-state index >= 15 is 0 Å². The third-order valence-electron chi connectivity index (χ3n) is 4.88. The molecule has 0 aliphatic carbocycles. The number of ketones is 1. The lowest BCUT2D eigenvalue weighted by Gasteiger charge is -2.19. The molecule has 2 aromatic rings. The van der Waals surface area contributed by atoms with Crippen molar-refractivity contribution in [2.75, 3.05) is 26.0 Å². The van der Waals surface area contributed by atoms with Crippen LogP contribution in [0.5, 0.6) is 5.75 Å². The third-order valence-corrected chi connectivity index (χ3v) is 4.88. The number of rotatable bonds is 3. The van der Waals surface area contributed by atoms with Gasteiger partial charge in [-0.2, -0.15) is 0 Å². The number of aromatic nitrogens is 1. The Morgan fingerprint density at radius 2 is 2.03 bits per heavy atom. The summed E-state index contributed by atoms with van der Waals surface area (Å²) in [5, 5.41) is 2.96. The van der Waals surface area contributed by atoms with Crippen molar-refractivity contribution in [2.24, 2.45) is 21.5 Å². The fourth-order valence-electron chi connectivity index (χ4n) is 3.39. The first-order valence-electron chi connectivity index (χ1n) is 11.0. The maximum Gasteiger partial charge on any atom is 0.200 e. The number of aliphatic imine (C=N–C) groups is 2. The topological polar surface area (TPSA) is 128 Å². The van der Waals surface area contributed by atoms with Gasteiger partial charge in [-0.1, -0.05) is 13.8 Å². The highest BCUT2D eigenvalue weighted by molar-refractivity contribution is 6.38. The molecule has 8 nitrogen and oxygen atoms in total. The van der Waals surface area contributed by atoms with Crippen LogP contribution >= 0.6 is 0 Å². The van der Waals surface area contributed by atoms with Crippen LogP contribution in [-0.4, -0.2) is 43.3 Å². The maximum atomic E-state index is 14.0. The number of benzene rings is 1. The fraction of sp³-hybridized carbons (Fsp3) is 0.280. The minimum absolute atomic E-state index is 0.00180. The van der Waals surface area contributed by atoms with Crippen molar-refractivity contribution in [2.45, 2.75) is 27.4 Å². The van der Waals surface area contributed by atoms with Crippen molar-refractivity contribution in [3.8, 4) is 5.75 Å². The van der Waals surface area contributed by atoms with Crippen LogP contribution in [0.3, 0.4) is 0 Å². The maximum absolute atomic E-state index is 14.0. The Morgan fingerprint density at radius 1 is 1.29 bits per heavy atom. The summed E-state index contributed by atoms with van der Waals surface area (Å²) in [7, 11) is 3.23. The van der Waals surface area contributed by atoms with E-state index in [4.69, 9.17) is 16.2 Å². The van der Waals surface area contributed by atoms with Crippen molar-refractivity contribution in [3.05, 3.63) is 70.3 Å². The molecule has 0 spiro atoms. The Morgan fingerprint density at radius 3 is 2.65 bits per heavy atom. The molecule has 1 aliphatic rings. The first-order chi connectivity index (χ1) is 16.4. The Bertz CT molecular complexity index is 1170. The van der Waals surface area contributed by atoms with Gasteiger partial charge in [0.1, 0.15) is 12.4 Å². The molecule has 1 aliphatic heterocycles. The monoisotopic (exact) mass is 466 g/mol. The summed E-state index contributed by atoms with van der Waals surface area (Å²) in [5.41, 5.74) is 14.5. The molecule has 0 fully saturated rings. The number of anilines is 1. The van der Waals surface area contributed by atoms with Crippen LogP contribution in [0.25, 0.3) is 5.70 Å². The number of nitrogens with zero attached hydrogens (tertiary/aromatic N) is 3. The van der Waals surface area contributed by atoms with Gasteiger partial charge in [-0.15, -0.1) is 0 Å². The Kier molecular flexibility index (Phi) is 9.49. The SMILES string of the molecule is CC.CCN=C1/C(=C\N)C(=O)/C(C=NC)=C(/N)c2ccc(F)cc2COc2cc1cnc2NC. The van der Waals surface area contributed by atoms with Gasteiger partial charge in [0, 0.05) is 55.9 Å². The van der Waals surface area contributed by atoms with Crippen LogP contribution in [0.15, 0.2) is 57.8 Å². The van der Waals surface area contributed by atoms with Crippen LogP contribution in [0, 0.1) is 5.82 Å². The minimum atomic E-state index is -0.459. The van der Waals surface area contributed by atoms with Crippen molar-refractivity contribution in [1.29, 1.82) is 0 Å². The lowest BCUT2D eigenvalue weighted by atomic mass is 9.92. The van der Waals surface area contributed by atoms with Crippen LogP contribution < -0.4 is 21.5 Å². The first-order valence-corrected chi connectivity index (χ1v) is 11.0. The smallest absolute Gasteiger partial charge is 0.200 e. The van der Waals surface area contributed by atoms with E-state index < -0.39 is 11.6 Å². The zero-order valence-electron chi connectivity index (χ0n) is 20.1. The van der Waals surface area contributed by atoms with Gasteiger partial charge in [0.25, 0.3) is 0 Å². The number of nitrogens with two attached hydrogens (primary N) is 2. The summed E-state index contributed by atoms with van der Waals surface area (Å²) < 4.78 is 20.0. The molecule has 0 atom stereocenters. The fourth-order valence-corrected chi connectivity index (χ4v) is 3.39. The molecular weight excluding hydrogens is 435 g/mol. The van der Waals surface area contributed by atoms with E-state index in [1.165, 1.54) is 37.7 Å². The average molecular weight is 467 g/mol. The quantitative estimate of drug-likeness (QED) is 0.469. The van der Waals surface area contributed by atoms with Gasteiger partial charge >= 0.3 is 0 Å². The molecule has 2 bridgehead atoms. The number of carbonyl (C=O) groups excluding carboxylic acids is 1. The molecular formula is C25H31FN6O2. The number of fused-ring (bicyclic) bond motifs is 3. The summed E-state index contributed by atoms with van der Waals surface area (Å²) in [6.45, 7) is 6.25. The van der Waals surface area contributed by atoms with Crippen molar-refractivity contribution in [3.63, 3.8) is 0 Å². The van der Waals surface area contributed by atoms with E-state index in [0.29, 0.717) is 40.5 Å². The minimum Gasteiger partial charge on any atom is -0.485 e. The first kappa shape index (κ1) is 26.2. The lowest BCUT2D eigenvalue weighted by molar-refractivity contribution is -0.111. The number of nitrogens with one attached hydrogen (secondary N) is 1. The molecule has 0 saturated carbocycles. The highest BCUT2D eigenvalue weighted by Crippen LogP contribution is 2.29. The standard InChI is InChI=1S/C23H25FN6O2.C2H6/c1-4-29-21-13-8-19(23(28-3)30-10-13)32-12-14-7-15(24)5-6-16(14)20(26)18(11-27-2)22(31)17(21)9-25;1-2/h5-11H,4,12,25-26H2,1-3H3,(H,28,30);1-2H3/b17-9+,20-18+,27-11?,29-21?;. The van der Waals surface area contributed by atoms with E-state index in [2.05, 4.69) is 20.3 Å². The third kappa shape index (κ3) is 5.48. The second-order valence-corrected chi connectivity index (χ2v) is 6.86. The molecule has 3 rings (SSSR count). The van der Waals surface area contributed by atoms with Gasteiger partial charge in [0.2, 0.25) is 0 Å². The molecule has 1 aromatic carbocycles. The van der Waals surface area contributed by atoms with E-state index in [9.17, 15) is 9.18 Å². The molecule has 5 N–H and O–H groups in total. The number of pyridine rings is 1.